The maximum absolute atomic E-state index is 11.1. The molecule has 5 heteroatoms. The van der Waals surface area contributed by atoms with E-state index in [1.807, 2.05) is 25.1 Å². The molecule has 0 atom stereocenters. The van der Waals surface area contributed by atoms with E-state index in [9.17, 15) is 4.79 Å². The van der Waals surface area contributed by atoms with Crippen molar-refractivity contribution < 1.29 is 14.6 Å². The van der Waals surface area contributed by atoms with Crippen LogP contribution in [0.1, 0.15) is 39.8 Å². The lowest BCUT2D eigenvalue weighted by Crippen LogP contribution is -2.01. The third-order valence-electron chi connectivity index (χ3n) is 3.16. The molecule has 21 heavy (non-hydrogen) atoms. The molecule has 1 aromatic carbocycles. The number of aryl methyl sites for hydroxylation is 2. The average Bonchev–Trinajstić information content (AvgIpc) is 2.91. The molecule has 0 radical (unpaired) electrons. The predicted octanol–water partition coefficient (Wildman–Crippen LogP) is 3.59. The monoisotopic (exact) mass is 305 g/mol. The molecule has 0 aliphatic carbocycles. The van der Waals surface area contributed by atoms with Crippen LogP contribution in [0.3, 0.4) is 0 Å². The summed E-state index contributed by atoms with van der Waals surface area (Å²) in [6.07, 6.45) is 2.24. The van der Waals surface area contributed by atoms with Gasteiger partial charge >= 0.3 is 5.97 Å². The molecule has 4 nitrogen and oxygen atoms in total. The first kappa shape index (κ1) is 15.5. The maximum Gasteiger partial charge on any atom is 0.347 e. The number of aromatic nitrogens is 1. The van der Waals surface area contributed by atoms with Crippen molar-refractivity contribution in [1.29, 1.82) is 0 Å². The summed E-state index contributed by atoms with van der Waals surface area (Å²) in [5, 5.41) is 9.93. The second-order valence-electron chi connectivity index (χ2n) is 4.64. The molecule has 0 fully saturated rings. The molecular weight excluding hydrogens is 286 g/mol. The molecule has 0 amide bonds. The Hall–Kier alpha value is -1.88. The maximum atomic E-state index is 11.1. The number of ether oxygens (including phenoxy) is 1. The number of benzene rings is 1. The summed E-state index contributed by atoms with van der Waals surface area (Å²) in [6.45, 7) is 4.52. The number of hydrogen-bond acceptors (Lipinski definition) is 4. The van der Waals surface area contributed by atoms with Gasteiger partial charge in [0.15, 0.2) is 0 Å². The number of rotatable bonds is 7. The van der Waals surface area contributed by atoms with Gasteiger partial charge in [-0.25, -0.2) is 9.78 Å². The van der Waals surface area contributed by atoms with Gasteiger partial charge in [-0.3, -0.25) is 0 Å². The minimum atomic E-state index is -0.896. The van der Waals surface area contributed by atoms with Crippen molar-refractivity contribution in [3.63, 3.8) is 0 Å². The highest BCUT2D eigenvalue weighted by Crippen LogP contribution is 2.20. The molecule has 1 N–H and O–H groups in total. The van der Waals surface area contributed by atoms with Crippen LogP contribution in [0.25, 0.3) is 0 Å². The Balaban J connectivity index is 1.95. The Labute approximate surface area is 128 Å². The molecule has 1 aromatic heterocycles. The van der Waals surface area contributed by atoms with Crippen molar-refractivity contribution in [1.82, 2.24) is 4.98 Å². The van der Waals surface area contributed by atoms with Crippen LogP contribution >= 0.6 is 11.3 Å². The molecular formula is C16H19NO3S. The Morgan fingerprint density at radius 2 is 2.14 bits per heavy atom. The summed E-state index contributed by atoms with van der Waals surface area (Å²) in [4.78, 5) is 15.8. The standard InChI is InChI=1S/C16H19NO3S/c1-3-11-6-5-7-12(10-11)20-9-8-14-17-13(4-2)15(21-14)16(18)19/h5-7,10H,3-4,8-9H2,1-2H3,(H,18,19). The zero-order valence-electron chi connectivity index (χ0n) is 12.3. The normalized spacial score (nSPS) is 10.6. The van der Waals surface area contributed by atoms with Crippen LogP contribution in [0.15, 0.2) is 24.3 Å². The fourth-order valence-electron chi connectivity index (χ4n) is 2.03. The second-order valence-corrected chi connectivity index (χ2v) is 5.73. The Morgan fingerprint density at radius 1 is 1.33 bits per heavy atom. The molecule has 0 aliphatic rings. The zero-order chi connectivity index (χ0) is 15.2. The lowest BCUT2D eigenvalue weighted by Gasteiger charge is -2.06. The van der Waals surface area contributed by atoms with Crippen LogP contribution in [-0.2, 0) is 19.3 Å². The van der Waals surface area contributed by atoms with Gasteiger partial charge in [-0.05, 0) is 30.5 Å². The van der Waals surface area contributed by atoms with E-state index >= 15 is 0 Å². The number of hydrogen-bond donors (Lipinski definition) is 1. The van der Waals surface area contributed by atoms with Crippen LogP contribution in [0.4, 0.5) is 0 Å². The SMILES string of the molecule is CCc1cccc(OCCc2nc(CC)c(C(=O)O)s2)c1. The first-order chi connectivity index (χ1) is 10.1. The molecule has 0 aliphatic heterocycles. The molecule has 1 heterocycles. The van der Waals surface area contributed by atoms with Gasteiger partial charge in [0.25, 0.3) is 0 Å². The summed E-state index contributed by atoms with van der Waals surface area (Å²) in [5.74, 6) is -0.0488. The number of nitrogens with zero attached hydrogens (tertiary/aromatic N) is 1. The quantitative estimate of drug-likeness (QED) is 0.849. The van der Waals surface area contributed by atoms with Crippen LogP contribution in [0.2, 0.25) is 0 Å². The van der Waals surface area contributed by atoms with Crippen molar-refractivity contribution in [2.24, 2.45) is 0 Å². The molecule has 112 valence electrons. The number of carboxylic acid groups (broad SMARTS) is 1. The third kappa shape index (κ3) is 4.04. The van der Waals surface area contributed by atoms with E-state index in [1.54, 1.807) is 0 Å². The van der Waals surface area contributed by atoms with Crippen molar-refractivity contribution in [3.05, 3.63) is 45.4 Å². The Bertz CT molecular complexity index is 622. The van der Waals surface area contributed by atoms with Crippen LogP contribution in [-0.4, -0.2) is 22.7 Å². The molecule has 0 bridgehead atoms. The Morgan fingerprint density at radius 3 is 2.76 bits per heavy atom. The van der Waals surface area contributed by atoms with Gasteiger partial charge in [0, 0.05) is 6.42 Å². The van der Waals surface area contributed by atoms with Crippen molar-refractivity contribution in [3.8, 4) is 5.75 Å². The smallest absolute Gasteiger partial charge is 0.347 e. The third-order valence-corrected chi connectivity index (χ3v) is 4.31. The van der Waals surface area contributed by atoms with Gasteiger partial charge in [-0.15, -0.1) is 11.3 Å². The first-order valence-electron chi connectivity index (χ1n) is 7.07. The average molecular weight is 305 g/mol. The molecule has 2 aromatic rings. The molecule has 0 saturated carbocycles. The van der Waals surface area contributed by atoms with Crippen molar-refractivity contribution in [2.75, 3.05) is 6.61 Å². The highest BCUT2D eigenvalue weighted by molar-refractivity contribution is 7.13. The van der Waals surface area contributed by atoms with Crippen LogP contribution in [0, 0.1) is 0 Å². The highest BCUT2D eigenvalue weighted by Gasteiger charge is 2.15. The highest BCUT2D eigenvalue weighted by atomic mass is 32.1. The van der Waals surface area contributed by atoms with Crippen molar-refractivity contribution >= 4 is 17.3 Å². The van der Waals surface area contributed by atoms with E-state index in [0.717, 1.165) is 17.2 Å². The number of thiazole rings is 1. The van der Waals surface area contributed by atoms with E-state index in [4.69, 9.17) is 9.84 Å². The van der Waals surface area contributed by atoms with E-state index < -0.39 is 5.97 Å². The lowest BCUT2D eigenvalue weighted by atomic mass is 10.2. The van der Waals surface area contributed by atoms with Crippen molar-refractivity contribution in [2.45, 2.75) is 33.1 Å². The minimum absolute atomic E-state index is 0.348. The molecule has 2 rings (SSSR count). The van der Waals surface area contributed by atoms with Gasteiger partial charge in [0.1, 0.15) is 10.6 Å². The van der Waals surface area contributed by atoms with Crippen LogP contribution < -0.4 is 4.74 Å². The molecule has 0 spiro atoms. The lowest BCUT2D eigenvalue weighted by molar-refractivity contribution is 0.0701. The summed E-state index contributed by atoms with van der Waals surface area (Å²) >= 11 is 1.24. The summed E-state index contributed by atoms with van der Waals surface area (Å²) in [5.41, 5.74) is 1.90. The van der Waals surface area contributed by atoms with E-state index in [2.05, 4.69) is 18.0 Å². The number of carbonyl (C=O) groups is 1. The molecule has 0 unspecified atom stereocenters. The first-order valence-corrected chi connectivity index (χ1v) is 7.89. The van der Waals surface area contributed by atoms with Gasteiger partial charge in [-0.2, -0.15) is 0 Å². The minimum Gasteiger partial charge on any atom is -0.493 e. The van der Waals surface area contributed by atoms with E-state index in [-0.39, 0.29) is 0 Å². The fourth-order valence-corrected chi connectivity index (χ4v) is 3.00. The van der Waals surface area contributed by atoms with E-state index in [0.29, 0.717) is 30.0 Å². The largest absolute Gasteiger partial charge is 0.493 e. The number of carboxylic acids is 1. The fraction of sp³-hybridized carbons (Fsp3) is 0.375. The van der Waals surface area contributed by atoms with Gasteiger partial charge in [0.05, 0.1) is 17.3 Å². The van der Waals surface area contributed by atoms with Gasteiger partial charge in [0.2, 0.25) is 0 Å². The molecule has 0 saturated heterocycles. The zero-order valence-corrected chi connectivity index (χ0v) is 13.1. The number of aromatic carboxylic acids is 1. The van der Waals surface area contributed by atoms with E-state index in [1.165, 1.54) is 16.9 Å². The topological polar surface area (TPSA) is 59.4 Å². The van der Waals surface area contributed by atoms with Crippen LogP contribution in [0.5, 0.6) is 5.75 Å². The second kappa shape index (κ2) is 7.22. The Kier molecular flexibility index (Phi) is 5.33. The summed E-state index contributed by atoms with van der Waals surface area (Å²) in [6, 6.07) is 8.01. The van der Waals surface area contributed by atoms with Gasteiger partial charge in [-0.1, -0.05) is 26.0 Å². The van der Waals surface area contributed by atoms with Gasteiger partial charge < -0.3 is 9.84 Å². The predicted molar refractivity (Wildman–Crippen MR) is 83.5 cm³/mol. The summed E-state index contributed by atoms with van der Waals surface area (Å²) in [7, 11) is 0. The summed E-state index contributed by atoms with van der Waals surface area (Å²) < 4.78 is 5.71.